The van der Waals surface area contributed by atoms with Crippen LogP contribution in [0.5, 0.6) is 0 Å². The quantitative estimate of drug-likeness (QED) is 0.709. The average molecular weight is 339 g/mol. The van der Waals surface area contributed by atoms with Gasteiger partial charge in [0.15, 0.2) is 0 Å². The maximum absolute atomic E-state index is 5.86. The topological polar surface area (TPSA) is 69.2 Å². The van der Waals surface area contributed by atoms with Gasteiger partial charge >= 0.3 is 0 Å². The summed E-state index contributed by atoms with van der Waals surface area (Å²) >= 11 is 0. The van der Waals surface area contributed by atoms with Crippen LogP contribution in [0.15, 0.2) is 47.1 Å². The van der Waals surface area contributed by atoms with Crippen LogP contribution in [0.2, 0.25) is 0 Å². The Bertz CT molecular complexity index is 814. The van der Waals surface area contributed by atoms with E-state index in [-0.39, 0.29) is 6.10 Å². The van der Waals surface area contributed by atoms with E-state index in [1.54, 1.807) is 0 Å². The third kappa shape index (κ3) is 3.94. The first-order valence-corrected chi connectivity index (χ1v) is 8.47. The molecular formula is C18H21N5O2. The predicted molar refractivity (Wildman–Crippen MR) is 91.7 cm³/mol. The fraction of sp³-hybridized carbons (Fsp3) is 0.389. The monoisotopic (exact) mass is 339 g/mol. The van der Waals surface area contributed by atoms with E-state index >= 15 is 0 Å². The molecule has 7 nitrogen and oxygen atoms in total. The molecule has 1 saturated heterocycles. The van der Waals surface area contributed by atoms with Crippen LogP contribution in [-0.2, 0) is 17.8 Å². The van der Waals surface area contributed by atoms with Crippen molar-refractivity contribution in [2.45, 2.75) is 26.1 Å². The van der Waals surface area contributed by atoms with Crippen LogP contribution in [0.1, 0.15) is 11.5 Å². The average Bonchev–Trinajstić information content (AvgIpc) is 3.25. The number of benzene rings is 1. The minimum Gasteiger partial charge on any atom is -0.419 e. The lowest BCUT2D eigenvalue weighted by atomic mass is 10.2. The molecule has 0 bridgehead atoms. The van der Waals surface area contributed by atoms with Gasteiger partial charge in [-0.25, -0.2) is 0 Å². The minimum atomic E-state index is 0.115. The lowest BCUT2D eigenvalue weighted by Gasteiger charge is -2.31. The lowest BCUT2D eigenvalue weighted by Crippen LogP contribution is -2.43. The van der Waals surface area contributed by atoms with Gasteiger partial charge in [0.05, 0.1) is 32.0 Å². The van der Waals surface area contributed by atoms with E-state index in [4.69, 9.17) is 9.15 Å². The third-order valence-corrected chi connectivity index (χ3v) is 4.22. The molecule has 25 heavy (non-hydrogen) atoms. The van der Waals surface area contributed by atoms with Crippen LogP contribution in [0.4, 0.5) is 0 Å². The smallest absolute Gasteiger partial charge is 0.247 e. The highest BCUT2D eigenvalue weighted by Gasteiger charge is 2.23. The number of morpholine rings is 1. The number of rotatable bonds is 5. The Morgan fingerprint density at radius 2 is 2.08 bits per heavy atom. The van der Waals surface area contributed by atoms with Gasteiger partial charge in [0, 0.05) is 24.8 Å². The van der Waals surface area contributed by atoms with E-state index in [1.165, 1.54) is 0 Å². The molecule has 1 atom stereocenters. The summed E-state index contributed by atoms with van der Waals surface area (Å²) in [6, 6.07) is 9.82. The molecule has 1 unspecified atom stereocenters. The molecule has 4 rings (SSSR count). The molecule has 0 N–H and O–H groups in total. The van der Waals surface area contributed by atoms with E-state index in [0.29, 0.717) is 24.9 Å². The van der Waals surface area contributed by atoms with Crippen molar-refractivity contribution in [3.05, 3.63) is 54.2 Å². The first-order valence-electron chi connectivity index (χ1n) is 8.47. The van der Waals surface area contributed by atoms with Crippen molar-refractivity contribution in [2.24, 2.45) is 0 Å². The van der Waals surface area contributed by atoms with Gasteiger partial charge in [-0.2, -0.15) is 5.10 Å². The van der Waals surface area contributed by atoms with Crippen LogP contribution in [0.3, 0.4) is 0 Å². The van der Waals surface area contributed by atoms with Crippen molar-refractivity contribution >= 4 is 0 Å². The third-order valence-electron chi connectivity index (χ3n) is 4.22. The maximum Gasteiger partial charge on any atom is 0.247 e. The summed E-state index contributed by atoms with van der Waals surface area (Å²) < 4.78 is 13.6. The van der Waals surface area contributed by atoms with Gasteiger partial charge in [0.1, 0.15) is 0 Å². The first kappa shape index (κ1) is 16.0. The maximum atomic E-state index is 5.86. The number of aryl methyl sites for hydroxylation is 1. The van der Waals surface area contributed by atoms with Crippen LogP contribution < -0.4 is 0 Å². The molecule has 3 aromatic rings. The summed E-state index contributed by atoms with van der Waals surface area (Å²) in [5.41, 5.74) is 2.10. The molecule has 2 aromatic heterocycles. The molecule has 0 aliphatic carbocycles. The van der Waals surface area contributed by atoms with Crippen molar-refractivity contribution in [1.82, 2.24) is 24.9 Å². The Labute approximate surface area is 146 Å². The Balaban J connectivity index is 1.37. The molecule has 0 spiro atoms. The molecule has 0 saturated carbocycles. The van der Waals surface area contributed by atoms with E-state index in [2.05, 4.69) is 20.2 Å². The van der Waals surface area contributed by atoms with Crippen LogP contribution >= 0.6 is 0 Å². The highest BCUT2D eigenvalue weighted by Crippen LogP contribution is 2.18. The van der Waals surface area contributed by atoms with Gasteiger partial charge < -0.3 is 9.15 Å². The number of aromatic nitrogens is 4. The summed E-state index contributed by atoms with van der Waals surface area (Å²) in [6.45, 7) is 5.81. The molecular weight excluding hydrogens is 318 g/mol. The zero-order valence-electron chi connectivity index (χ0n) is 14.2. The number of hydrogen-bond acceptors (Lipinski definition) is 6. The molecule has 1 aliphatic heterocycles. The molecule has 7 heteroatoms. The highest BCUT2D eigenvalue weighted by atomic mass is 16.5. The fourth-order valence-electron chi connectivity index (χ4n) is 3.02. The number of ether oxygens (including phenoxy) is 1. The summed E-state index contributed by atoms with van der Waals surface area (Å²) in [5.74, 6) is 1.20. The van der Waals surface area contributed by atoms with Crippen molar-refractivity contribution in [2.75, 3.05) is 19.7 Å². The second-order valence-electron chi connectivity index (χ2n) is 6.33. The number of nitrogens with zero attached hydrogens (tertiary/aromatic N) is 5. The Morgan fingerprint density at radius 1 is 1.20 bits per heavy atom. The second-order valence-corrected chi connectivity index (χ2v) is 6.33. The van der Waals surface area contributed by atoms with E-state index in [1.807, 2.05) is 54.3 Å². The van der Waals surface area contributed by atoms with Crippen molar-refractivity contribution in [3.8, 4) is 11.5 Å². The van der Waals surface area contributed by atoms with Crippen molar-refractivity contribution in [3.63, 3.8) is 0 Å². The van der Waals surface area contributed by atoms with E-state index in [0.717, 1.165) is 30.8 Å². The largest absolute Gasteiger partial charge is 0.419 e. The molecule has 130 valence electrons. The second kappa shape index (κ2) is 7.16. The zero-order chi connectivity index (χ0) is 17.1. The summed E-state index contributed by atoms with van der Waals surface area (Å²) in [6.07, 6.45) is 4.01. The van der Waals surface area contributed by atoms with Crippen LogP contribution in [0.25, 0.3) is 11.5 Å². The standard InChI is InChI=1S/C18H21N5O2/c1-14-9-19-23(10-14)12-16-11-22(7-8-24-16)13-17-20-21-18(25-17)15-5-3-2-4-6-15/h2-6,9-10,16H,7-8,11-13H2,1H3. The minimum absolute atomic E-state index is 0.115. The Kier molecular flexibility index (Phi) is 4.58. The molecule has 1 aliphatic rings. The summed E-state index contributed by atoms with van der Waals surface area (Å²) in [5, 5.41) is 12.7. The van der Waals surface area contributed by atoms with E-state index in [9.17, 15) is 0 Å². The normalized spacial score (nSPS) is 18.5. The van der Waals surface area contributed by atoms with Gasteiger partial charge in [0.2, 0.25) is 11.8 Å². The Morgan fingerprint density at radius 3 is 2.88 bits per heavy atom. The molecule has 1 aromatic carbocycles. The van der Waals surface area contributed by atoms with Crippen molar-refractivity contribution in [1.29, 1.82) is 0 Å². The molecule has 3 heterocycles. The van der Waals surface area contributed by atoms with Gasteiger partial charge in [-0.15, -0.1) is 10.2 Å². The SMILES string of the molecule is Cc1cnn(CC2CN(Cc3nnc(-c4ccccc4)o3)CCO2)c1. The van der Waals surface area contributed by atoms with Gasteiger partial charge in [-0.3, -0.25) is 9.58 Å². The van der Waals surface area contributed by atoms with Crippen LogP contribution in [0, 0.1) is 6.92 Å². The predicted octanol–water partition coefficient (Wildman–Crippen LogP) is 2.14. The molecule has 1 fully saturated rings. The van der Waals surface area contributed by atoms with Gasteiger partial charge in [-0.1, -0.05) is 18.2 Å². The molecule has 0 amide bonds. The fourth-order valence-corrected chi connectivity index (χ4v) is 3.02. The van der Waals surface area contributed by atoms with Gasteiger partial charge in [-0.05, 0) is 24.6 Å². The Hall–Kier alpha value is -2.51. The van der Waals surface area contributed by atoms with E-state index < -0.39 is 0 Å². The zero-order valence-corrected chi connectivity index (χ0v) is 14.2. The molecule has 0 radical (unpaired) electrons. The van der Waals surface area contributed by atoms with Crippen LogP contribution in [-0.4, -0.2) is 50.7 Å². The first-order chi connectivity index (χ1) is 12.3. The van der Waals surface area contributed by atoms with Gasteiger partial charge in [0.25, 0.3) is 0 Å². The summed E-state index contributed by atoms with van der Waals surface area (Å²) in [4.78, 5) is 2.28. The highest BCUT2D eigenvalue weighted by molar-refractivity contribution is 5.51. The summed E-state index contributed by atoms with van der Waals surface area (Å²) in [7, 11) is 0. The number of hydrogen-bond donors (Lipinski definition) is 0. The lowest BCUT2D eigenvalue weighted by molar-refractivity contribution is -0.0422. The van der Waals surface area contributed by atoms with Crippen molar-refractivity contribution < 1.29 is 9.15 Å².